The first kappa shape index (κ1) is 13.4. The van der Waals surface area contributed by atoms with Crippen molar-refractivity contribution in [1.82, 2.24) is 9.55 Å². The van der Waals surface area contributed by atoms with Crippen LogP contribution in [-0.4, -0.2) is 22.8 Å². The van der Waals surface area contributed by atoms with Gasteiger partial charge < -0.3 is 15.0 Å². The summed E-state index contributed by atoms with van der Waals surface area (Å²) in [4.78, 5) is 4.78. The summed E-state index contributed by atoms with van der Waals surface area (Å²) < 4.78 is 8.04. The smallest absolute Gasteiger partial charge is 0.113 e. The van der Waals surface area contributed by atoms with Crippen molar-refractivity contribution in [2.24, 2.45) is 5.92 Å². The van der Waals surface area contributed by atoms with Gasteiger partial charge >= 0.3 is 0 Å². The summed E-state index contributed by atoms with van der Waals surface area (Å²) >= 11 is 0. The second-order valence-corrected chi connectivity index (χ2v) is 6.11. The number of ether oxygens (including phenoxy) is 1. The summed E-state index contributed by atoms with van der Waals surface area (Å²) in [6.07, 6.45) is 2.51. The lowest BCUT2D eigenvalue weighted by atomic mass is 10.2. The molecule has 0 unspecified atom stereocenters. The molecule has 2 N–H and O–H groups in total. The third kappa shape index (κ3) is 2.80. The third-order valence-corrected chi connectivity index (χ3v) is 3.65. The minimum absolute atomic E-state index is 0.581. The Kier molecular flexibility index (Phi) is 3.66. The molecule has 1 aromatic heterocycles. The molecule has 1 aliphatic rings. The summed E-state index contributed by atoms with van der Waals surface area (Å²) in [5, 5.41) is 0. The van der Waals surface area contributed by atoms with Gasteiger partial charge in [0.25, 0.3) is 0 Å². The van der Waals surface area contributed by atoms with E-state index in [1.54, 1.807) is 0 Å². The SMILES string of the molecule is CC(C)COCCn1c(C2CC2)nc2cc(N)ccc21. The Morgan fingerprint density at radius 2 is 2.20 bits per heavy atom. The van der Waals surface area contributed by atoms with Gasteiger partial charge in [-0.05, 0) is 37.0 Å². The number of aromatic nitrogens is 2. The van der Waals surface area contributed by atoms with Gasteiger partial charge in [-0.15, -0.1) is 0 Å². The number of hydrogen-bond donors (Lipinski definition) is 1. The van der Waals surface area contributed by atoms with Crippen LogP contribution in [0.1, 0.15) is 38.4 Å². The summed E-state index contributed by atoms with van der Waals surface area (Å²) in [6.45, 7) is 6.78. The van der Waals surface area contributed by atoms with Crippen LogP contribution in [-0.2, 0) is 11.3 Å². The van der Waals surface area contributed by atoms with Crippen molar-refractivity contribution in [2.45, 2.75) is 39.2 Å². The molecule has 1 aromatic carbocycles. The molecule has 3 rings (SSSR count). The van der Waals surface area contributed by atoms with E-state index in [9.17, 15) is 0 Å². The maximum atomic E-state index is 5.86. The van der Waals surface area contributed by atoms with E-state index in [0.29, 0.717) is 11.8 Å². The zero-order valence-corrected chi connectivity index (χ0v) is 12.3. The molecular weight excluding hydrogens is 250 g/mol. The Hall–Kier alpha value is -1.55. The van der Waals surface area contributed by atoms with Crippen LogP contribution in [0.15, 0.2) is 18.2 Å². The normalized spacial score (nSPS) is 15.3. The van der Waals surface area contributed by atoms with Gasteiger partial charge in [0.05, 0.1) is 17.6 Å². The second-order valence-electron chi connectivity index (χ2n) is 6.11. The molecule has 4 nitrogen and oxygen atoms in total. The average molecular weight is 273 g/mol. The van der Waals surface area contributed by atoms with Gasteiger partial charge in [0.2, 0.25) is 0 Å². The number of nitrogens with zero attached hydrogens (tertiary/aromatic N) is 2. The molecule has 108 valence electrons. The monoisotopic (exact) mass is 273 g/mol. The van der Waals surface area contributed by atoms with Gasteiger partial charge in [-0.1, -0.05) is 13.8 Å². The van der Waals surface area contributed by atoms with Crippen LogP contribution in [0.25, 0.3) is 11.0 Å². The van der Waals surface area contributed by atoms with E-state index < -0.39 is 0 Å². The Morgan fingerprint density at radius 3 is 2.90 bits per heavy atom. The van der Waals surface area contributed by atoms with Crippen LogP contribution in [0.3, 0.4) is 0 Å². The minimum Gasteiger partial charge on any atom is -0.399 e. The maximum absolute atomic E-state index is 5.86. The lowest BCUT2D eigenvalue weighted by molar-refractivity contribution is 0.103. The first-order valence-electron chi connectivity index (χ1n) is 7.48. The predicted octanol–water partition coefficient (Wildman–Crippen LogP) is 3.17. The van der Waals surface area contributed by atoms with Gasteiger partial charge in [0.15, 0.2) is 0 Å². The highest BCUT2D eigenvalue weighted by molar-refractivity contribution is 5.79. The Balaban J connectivity index is 1.81. The van der Waals surface area contributed by atoms with Gasteiger partial charge in [0.1, 0.15) is 5.82 Å². The fourth-order valence-electron chi connectivity index (χ4n) is 2.53. The predicted molar refractivity (Wildman–Crippen MR) is 81.8 cm³/mol. The highest BCUT2D eigenvalue weighted by atomic mass is 16.5. The summed E-state index contributed by atoms with van der Waals surface area (Å²) in [7, 11) is 0. The average Bonchev–Trinajstić information content (AvgIpc) is 3.17. The van der Waals surface area contributed by atoms with Crippen molar-refractivity contribution in [3.63, 3.8) is 0 Å². The Labute approximate surface area is 119 Å². The number of nitrogen functional groups attached to an aromatic ring is 1. The summed E-state index contributed by atoms with van der Waals surface area (Å²) in [6, 6.07) is 5.99. The fourth-order valence-corrected chi connectivity index (χ4v) is 2.53. The topological polar surface area (TPSA) is 53.1 Å². The van der Waals surface area contributed by atoms with Crippen LogP contribution < -0.4 is 5.73 Å². The van der Waals surface area contributed by atoms with Crippen LogP contribution in [0.2, 0.25) is 0 Å². The van der Waals surface area contributed by atoms with E-state index in [1.165, 1.54) is 24.2 Å². The van der Waals surface area contributed by atoms with E-state index in [4.69, 9.17) is 15.5 Å². The highest BCUT2D eigenvalue weighted by Gasteiger charge is 2.29. The number of benzene rings is 1. The van der Waals surface area contributed by atoms with Gasteiger partial charge in [-0.2, -0.15) is 0 Å². The molecule has 1 heterocycles. The number of nitrogens with two attached hydrogens (primary N) is 1. The molecule has 4 heteroatoms. The van der Waals surface area contributed by atoms with Crippen LogP contribution in [0.4, 0.5) is 5.69 Å². The fraction of sp³-hybridized carbons (Fsp3) is 0.562. The van der Waals surface area contributed by atoms with Crippen molar-refractivity contribution in [2.75, 3.05) is 18.9 Å². The number of fused-ring (bicyclic) bond motifs is 1. The van der Waals surface area contributed by atoms with Crippen LogP contribution >= 0.6 is 0 Å². The van der Waals surface area contributed by atoms with Crippen molar-refractivity contribution in [1.29, 1.82) is 0 Å². The van der Waals surface area contributed by atoms with Crippen LogP contribution in [0.5, 0.6) is 0 Å². The third-order valence-electron chi connectivity index (χ3n) is 3.65. The van der Waals surface area contributed by atoms with Crippen molar-refractivity contribution < 1.29 is 4.74 Å². The van der Waals surface area contributed by atoms with Crippen molar-refractivity contribution >= 4 is 16.7 Å². The standard InChI is InChI=1S/C16H23N3O/c1-11(2)10-20-8-7-19-15-6-5-13(17)9-14(15)18-16(19)12-3-4-12/h5-6,9,11-12H,3-4,7-8,10,17H2,1-2H3. The van der Waals surface area contributed by atoms with Crippen molar-refractivity contribution in [3.8, 4) is 0 Å². The minimum atomic E-state index is 0.581. The Bertz CT molecular complexity index is 599. The van der Waals surface area contributed by atoms with Crippen LogP contribution in [0, 0.1) is 5.92 Å². The molecule has 0 spiro atoms. The molecular formula is C16H23N3O. The molecule has 0 atom stereocenters. The van der Waals surface area contributed by atoms with E-state index in [0.717, 1.165) is 31.0 Å². The van der Waals surface area contributed by atoms with Gasteiger partial charge in [0, 0.05) is 24.8 Å². The molecule has 0 amide bonds. The molecule has 1 fully saturated rings. The largest absolute Gasteiger partial charge is 0.399 e. The highest BCUT2D eigenvalue weighted by Crippen LogP contribution is 2.40. The van der Waals surface area contributed by atoms with E-state index in [1.807, 2.05) is 12.1 Å². The zero-order valence-electron chi connectivity index (χ0n) is 12.3. The number of hydrogen-bond acceptors (Lipinski definition) is 3. The van der Waals surface area contributed by atoms with E-state index in [-0.39, 0.29) is 0 Å². The summed E-state index contributed by atoms with van der Waals surface area (Å²) in [5.74, 6) is 2.42. The first-order chi connectivity index (χ1) is 9.65. The maximum Gasteiger partial charge on any atom is 0.113 e. The molecule has 1 aliphatic carbocycles. The number of anilines is 1. The number of imidazole rings is 1. The molecule has 20 heavy (non-hydrogen) atoms. The number of rotatable bonds is 6. The molecule has 1 saturated carbocycles. The molecule has 0 saturated heterocycles. The van der Waals surface area contributed by atoms with Crippen molar-refractivity contribution in [3.05, 3.63) is 24.0 Å². The Morgan fingerprint density at radius 1 is 1.40 bits per heavy atom. The summed E-state index contributed by atoms with van der Waals surface area (Å²) in [5.41, 5.74) is 8.82. The van der Waals surface area contributed by atoms with Gasteiger partial charge in [-0.25, -0.2) is 4.98 Å². The molecule has 0 aliphatic heterocycles. The molecule has 2 aromatic rings. The lowest BCUT2D eigenvalue weighted by Crippen LogP contribution is -2.11. The van der Waals surface area contributed by atoms with E-state index in [2.05, 4.69) is 24.5 Å². The van der Waals surface area contributed by atoms with Gasteiger partial charge in [-0.3, -0.25) is 0 Å². The molecule has 0 bridgehead atoms. The quantitative estimate of drug-likeness (QED) is 0.649. The first-order valence-corrected chi connectivity index (χ1v) is 7.48. The van der Waals surface area contributed by atoms with E-state index >= 15 is 0 Å². The zero-order chi connectivity index (χ0) is 14.1. The second kappa shape index (κ2) is 5.44. The molecule has 0 radical (unpaired) electrons. The lowest BCUT2D eigenvalue weighted by Gasteiger charge is -2.10.